The number of fused-ring (bicyclic) bond motifs is 1. The third kappa shape index (κ3) is 2.82. The average Bonchev–Trinajstić information content (AvgIpc) is 3.16. The number of likely N-dealkylation sites (N-methyl/N-ethyl adjacent to an activating group) is 1. The van der Waals surface area contributed by atoms with E-state index >= 15 is 0 Å². The first kappa shape index (κ1) is 15.9. The molecule has 1 aliphatic rings. The third-order valence-electron chi connectivity index (χ3n) is 4.56. The van der Waals surface area contributed by atoms with Crippen LogP contribution in [-0.2, 0) is 0 Å². The zero-order chi connectivity index (χ0) is 17.4. The van der Waals surface area contributed by atoms with Gasteiger partial charge in [-0.05, 0) is 42.3 Å². The lowest BCUT2D eigenvalue weighted by Gasteiger charge is -2.42. The maximum atomic E-state index is 6.10. The number of hydrogen-bond acceptors (Lipinski definition) is 5. The second-order valence-electron chi connectivity index (χ2n) is 6.13. The van der Waals surface area contributed by atoms with Crippen LogP contribution in [0.25, 0.3) is 5.69 Å². The van der Waals surface area contributed by atoms with Crippen LogP contribution < -0.4 is 9.80 Å². The molecule has 0 radical (unpaired) electrons. The van der Waals surface area contributed by atoms with Gasteiger partial charge in [0.05, 0.1) is 23.6 Å². The summed E-state index contributed by atoms with van der Waals surface area (Å²) in [5.41, 5.74) is 3.07. The maximum Gasteiger partial charge on any atom is 0.224 e. The molecule has 7 heteroatoms. The van der Waals surface area contributed by atoms with Crippen LogP contribution in [0.1, 0.15) is 13.3 Å². The van der Waals surface area contributed by atoms with E-state index < -0.39 is 0 Å². The highest BCUT2D eigenvalue weighted by atomic mass is 35.5. The molecule has 3 aromatic rings. The van der Waals surface area contributed by atoms with Gasteiger partial charge < -0.3 is 9.80 Å². The number of halogens is 1. The molecule has 1 unspecified atom stereocenters. The van der Waals surface area contributed by atoms with Gasteiger partial charge in [-0.2, -0.15) is 10.1 Å². The normalized spacial score (nSPS) is 16.8. The number of hydrogen-bond donors (Lipinski definition) is 0. The van der Waals surface area contributed by atoms with Crippen LogP contribution in [-0.4, -0.2) is 39.4 Å². The molecule has 1 aliphatic heterocycles. The molecule has 0 saturated carbocycles. The average molecular weight is 355 g/mol. The van der Waals surface area contributed by atoms with E-state index in [9.17, 15) is 0 Å². The van der Waals surface area contributed by atoms with Crippen molar-refractivity contribution in [3.05, 3.63) is 54.2 Å². The molecule has 0 aliphatic carbocycles. The van der Waals surface area contributed by atoms with Gasteiger partial charge >= 0.3 is 0 Å². The molecule has 0 spiro atoms. The Morgan fingerprint density at radius 1 is 1.24 bits per heavy atom. The highest BCUT2D eigenvalue weighted by molar-refractivity contribution is 6.28. The second-order valence-corrected chi connectivity index (χ2v) is 6.47. The van der Waals surface area contributed by atoms with Crippen LogP contribution in [0.5, 0.6) is 0 Å². The highest BCUT2D eigenvalue weighted by Crippen LogP contribution is 2.39. The van der Waals surface area contributed by atoms with Gasteiger partial charge in [-0.3, -0.25) is 0 Å². The topological polar surface area (TPSA) is 50.1 Å². The SMILES string of the molecule is CCC1CN(C)c2cnc(Cl)nc2N1c1cccc(-n2cccn2)c1. The Morgan fingerprint density at radius 3 is 2.84 bits per heavy atom. The summed E-state index contributed by atoms with van der Waals surface area (Å²) >= 11 is 6.10. The molecule has 0 fully saturated rings. The Balaban J connectivity index is 1.84. The van der Waals surface area contributed by atoms with Gasteiger partial charge in [0, 0.05) is 31.7 Å². The summed E-state index contributed by atoms with van der Waals surface area (Å²) in [6, 6.07) is 10.5. The lowest BCUT2D eigenvalue weighted by molar-refractivity contribution is 0.595. The maximum absolute atomic E-state index is 6.10. The first-order chi connectivity index (χ1) is 12.2. The fourth-order valence-corrected chi connectivity index (χ4v) is 3.44. The standard InChI is InChI=1S/C18H19ClN6/c1-3-13-12-23(2)16-11-20-18(19)22-17(16)25(13)15-7-4-6-14(10-15)24-9-5-8-21-24/h4-11,13H,3,12H2,1-2H3. The fourth-order valence-electron chi connectivity index (χ4n) is 3.31. The minimum absolute atomic E-state index is 0.261. The van der Waals surface area contributed by atoms with E-state index in [0.29, 0.717) is 6.04 Å². The van der Waals surface area contributed by atoms with Crippen molar-refractivity contribution in [3.63, 3.8) is 0 Å². The summed E-state index contributed by atoms with van der Waals surface area (Å²) in [7, 11) is 2.07. The smallest absolute Gasteiger partial charge is 0.224 e. The summed E-state index contributed by atoms with van der Waals surface area (Å²) < 4.78 is 1.86. The molecule has 2 aromatic heterocycles. The summed E-state index contributed by atoms with van der Waals surface area (Å²) in [5.74, 6) is 0.846. The molecular weight excluding hydrogens is 336 g/mol. The number of rotatable bonds is 3. The molecule has 0 bridgehead atoms. The van der Waals surface area contributed by atoms with Crippen LogP contribution in [0.15, 0.2) is 48.9 Å². The van der Waals surface area contributed by atoms with Gasteiger partial charge in [0.15, 0.2) is 5.82 Å². The van der Waals surface area contributed by atoms with E-state index in [2.05, 4.69) is 51.0 Å². The molecule has 6 nitrogen and oxygen atoms in total. The highest BCUT2D eigenvalue weighted by Gasteiger charge is 2.31. The summed E-state index contributed by atoms with van der Waals surface area (Å²) in [6.07, 6.45) is 6.51. The minimum atomic E-state index is 0.261. The number of nitrogens with zero attached hydrogens (tertiary/aromatic N) is 6. The fraction of sp³-hybridized carbons (Fsp3) is 0.278. The molecule has 25 heavy (non-hydrogen) atoms. The van der Waals surface area contributed by atoms with Crippen LogP contribution >= 0.6 is 11.6 Å². The lowest BCUT2D eigenvalue weighted by Crippen LogP contribution is -2.45. The lowest BCUT2D eigenvalue weighted by atomic mass is 10.1. The van der Waals surface area contributed by atoms with Gasteiger partial charge in [0.1, 0.15) is 0 Å². The Bertz CT molecular complexity index is 879. The number of benzene rings is 1. The Hall–Kier alpha value is -2.60. The van der Waals surface area contributed by atoms with Crippen LogP contribution in [0.3, 0.4) is 0 Å². The van der Waals surface area contributed by atoms with E-state index in [1.807, 2.05) is 29.1 Å². The molecule has 0 saturated heterocycles. The summed E-state index contributed by atoms with van der Waals surface area (Å²) in [4.78, 5) is 13.1. The van der Waals surface area contributed by atoms with E-state index in [1.165, 1.54) is 0 Å². The van der Waals surface area contributed by atoms with Gasteiger partial charge in [-0.25, -0.2) is 9.67 Å². The van der Waals surface area contributed by atoms with Gasteiger partial charge in [-0.1, -0.05) is 13.0 Å². The first-order valence-electron chi connectivity index (χ1n) is 8.30. The Morgan fingerprint density at radius 2 is 2.08 bits per heavy atom. The Kier molecular flexibility index (Phi) is 4.05. The van der Waals surface area contributed by atoms with Crippen molar-refractivity contribution in [3.8, 4) is 5.69 Å². The molecule has 128 valence electrons. The monoisotopic (exact) mass is 354 g/mol. The number of aromatic nitrogens is 4. The first-order valence-corrected chi connectivity index (χ1v) is 8.68. The predicted molar refractivity (Wildman–Crippen MR) is 100 cm³/mol. The molecule has 0 amide bonds. The van der Waals surface area contributed by atoms with Crippen molar-refractivity contribution in [2.24, 2.45) is 0 Å². The van der Waals surface area contributed by atoms with Crippen molar-refractivity contribution >= 4 is 28.8 Å². The number of anilines is 3. The zero-order valence-electron chi connectivity index (χ0n) is 14.2. The largest absolute Gasteiger partial charge is 0.368 e. The van der Waals surface area contributed by atoms with Crippen molar-refractivity contribution in [1.29, 1.82) is 0 Å². The van der Waals surface area contributed by atoms with E-state index in [-0.39, 0.29) is 5.28 Å². The van der Waals surface area contributed by atoms with Crippen LogP contribution in [0.2, 0.25) is 5.28 Å². The van der Waals surface area contributed by atoms with Crippen molar-refractivity contribution in [1.82, 2.24) is 19.7 Å². The molecule has 1 atom stereocenters. The predicted octanol–water partition coefficient (Wildman–Crippen LogP) is 3.68. The summed E-state index contributed by atoms with van der Waals surface area (Å²) in [5, 5.41) is 4.59. The molecule has 0 N–H and O–H groups in total. The van der Waals surface area contributed by atoms with Gasteiger partial charge in [0.25, 0.3) is 0 Å². The summed E-state index contributed by atoms with van der Waals surface area (Å²) in [6.45, 7) is 3.09. The molecule has 1 aromatic carbocycles. The van der Waals surface area contributed by atoms with E-state index in [0.717, 1.165) is 35.8 Å². The van der Waals surface area contributed by atoms with E-state index in [1.54, 1.807) is 12.4 Å². The van der Waals surface area contributed by atoms with Gasteiger partial charge in [0.2, 0.25) is 5.28 Å². The zero-order valence-corrected chi connectivity index (χ0v) is 14.9. The van der Waals surface area contributed by atoms with Crippen molar-refractivity contribution in [2.45, 2.75) is 19.4 Å². The van der Waals surface area contributed by atoms with Gasteiger partial charge in [-0.15, -0.1) is 0 Å². The van der Waals surface area contributed by atoms with E-state index in [4.69, 9.17) is 11.6 Å². The quantitative estimate of drug-likeness (QED) is 0.671. The minimum Gasteiger partial charge on any atom is -0.368 e. The van der Waals surface area contributed by atoms with Crippen molar-refractivity contribution in [2.75, 3.05) is 23.4 Å². The molecule has 4 rings (SSSR count). The second kappa shape index (κ2) is 6.37. The molecular formula is C18H19ClN6. The van der Waals surface area contributed by atoms with Crippen molar-refractivity contribution < 1.29 is 0 Å². The van der Waals surface area contributed by atoms with Crippen LogP contribution in [0.4, 0.5) is 17.2 Å². The third-order valence-corrected chi connectivity index (χ3v) is 4.74. The Labute approximate surface area is 151 Å². The molecule has 3 heterocycles. The van der Waals surface area contributed by atoms with Crippen LogP contribution in [0, 0.1) is 0 Å².